The van der Waals surface area contributed by atoms with Crippen LogP contribution in [0, 0.1) is 23.1 Å². The van der Waals surface area contributed by atoms with Crippen LogP contribution in [0.15, 0.2) is 54.9 Å². The largest absolute Gasteiger partial charge is 0.490 e. The van der Waals surface area contributed by atoms with E-state index in [2.05, 4.69) is 40.9 Å². The third-order valence-corrected chi connectivity index (χ3v) is 7.47. The first-order chi connectivity index (χ1) is 17.1. The number of nitrogens with zero attached hydrogens (tertiary/aromatic N) is 4. The molecule has 2 aliphatic rings. The molecular formula is C29H27FN4O. The zero-order chi connectivity index (χ0) is 23.9. The fourth-order valence-corrected chi connectivity index (χ4v) is 5.57. The summed E-state index contributed by atoms with van der Waals surface area (Å²) in [4.78, 5) is 7.10. The minimum atomic E-state index is -0.520. The van der Waals surface area contributed by atoms with Gasteiger partial charge in [0.05, 0.1) is 35.2 Å². The molecule has 35 heavy (non-hydrogen) atoms. The van der Waals surface area contributed by atoms with E-state index < -0.39 is 5.82 Å². The Kier molecular flexibility index (Phi) is 5.41. The average molecular weight is 467 g/mol. The summed E-state index contributed by atoms with van der Waals surface area (Å²) in [7, 11) is 2.06. The molecule has 0 unspecified atom stereocenters. The van der Waals surface area contributed by atoms with Gasteiger partial charge in [-0.25, -0.2) is 4.39 Å². The second-order valence-corrected chi connectivity index (χ2v) is 9.66. The molecule has 5 nitrogen and oxygen atoms in total. The Morgan fingerprint density at radius 2 is 1.94 bits per heavy atom. The van der Waals surface area contributed by atoms with Crippen molar-refractivity contribution in [2.24, 2.45) is 5.92 Å². The first-order valence-corrected chi connectivity index (χ1v) is 12.3. The summed E-state index contributed by atoms with van der Waals surface area (Å²) in [6, 6.07) is 15.0. The van der Waals surface area contributed by atoms with Crippen LogP contribution in [0.4, 0.5) is 10.1 Å². The molecule has 0 atom stereocenters. The number of hydrogen-bond donors (Lipinski definition) is 0. The van der Waals surface area contributed by atoms with E-state index in [0.29, 0.717) is 18.1 Å². The Morgan fingerprint density at radius 1 is 1.11 bits per heavy atom. The van der Waals surface area contributed by atoms with Crippen molar-refractivity contribution in [1.29, 1.82) is 5.26 Å². The fourth-order valence-electron chi connectivity index (χ4n) is 5.57. The van der Waals surface area contributed by atoms with E-state index in [1.165, 1.54) is 31.7 Å². The number of hydrogen-bond acceptors (Lipinski definition) is 4. The molecule has 0 saturated heterocycles. The zero-order valence-electron chi connectivity index (χ0n) is 19.8. The van der Waals surface area contributed by atoms with E-state index in [0.717, 1.165) is 52.3 Å². The molecule has 1 saturated carbocycles. The van der Waals surface area contributed by atoms with Crippen molar-refractivity contribution in [1.82, 2.24) is 9.55 Å². The summed E-state index contributed by atoms with van der Waals surface area (Å²) in [6.45, 7) is 2.46. The van der Waals surface area contributed by atoms with Crippen molar-refractivity contribution >= 4 is 16.6 Å². The highest BCUT2D eigenvalue weighted by molar-refractivity contribution is 6.02. The molecule has 6 rings (SSSR count). The van der Waals surface area contributed by atoms with Crippen LogP contribution in [0.3, 0.4) is 0 Å². The van der Waals surface area contributed by atoms with Crippen LogP contribution >= 0.6 is 0 Å². The predicted octanol–water partition coefficient (Wildman–Crippen LogP) is 6.40. The lowest BCUT2D eigenvalue weighted by Gasteiger charge is -2.28. The van der Waals surface area contributed by atoms with Gasteiger partial charge < -0.3 is 14.2 Å². The number of anilines is 1. The smallest absolute Gasteiger partial charge is 0.143 e. The van der Waals surface area contributed by atoms with Crippen molar-refractivity contribution in [3.8, 4) is 34.2 Å². The number of ether oxygens (including phenoxy) is 1. The van der Waals surface area contributed by atoms with Crippen LogP contribution in [0.2, 0.25) is 0 Å². The van der Waals surface area contributed by atoms with E-state index in [1.807, 2.05) is 24.4 Å². The summed E-state index contributed by atoms with van der Waals surface area (Å²) < 4.78 is 23.0. The number of halogens is 1. The van der Waals surface area contributed by atoms with Gasteiger partial charge in [0.2, 0.25) is 0 Å². The van der Waals surface area contributed by atoms with Crippen LogP contribution < -0.4 is 9.64 Å². The van der Waals surface area contributed by atoms with Gasteiger partial charge in [0, 0.05) is 36.3 Å². The first-order valence-electron chi connectivity index (χ1n) is 12.3. The predicted molar refractivity (Wildman–Crippen MR) is 136 cm³/mol. The lowest BCUT2D eigenvalue weighted by atomic mass is 9.95. The van der Waals surface area contributed by atoms with Crippen LogP contribution in [-0.4, -0.2) is 29.8 Å². The van der Waals surface area contributed by atoms with Gasteiger partial charge in [-0.2, -0.15) is 5.26 Å². The number of benzene rings is 2. The van der Waals surface area contributed by atoms with Crippen molar-refractivity contribution in [2.75, 3.05) is 25.1 Å². The number of fused-ring (bicyclic) bond motifs is 2. The van der Waals surface area contributed by atoms with Gasteiger partial charge in [0.25, 0.3) is 0 Å². The number of pyridine rings is 1. The molecule has 0 spiro atoms. The summed E-state index contributed by atoms with van der Waals surface area (Å²) in [5, 5.41) is 10.3. The molecule has 0 N–H and O–H groups in total. The summed E-state index contributed by atoms with van der Waals surface area (Å²) in [5.41, 5.74) is 5.43. The Labute approximate surface area is 204 Å². The second-order valence-electron chi connectivity index (χ2n) is 9.66. The maximum Gasteiger partial charge on any atom is 0.143 e. The number of aromatic nitrogens is 2. The number of nitriles is 1. The van der Waals surface area contributed by atoms with Gasteiger partial charge in [-0.05, 0) is 54.7 Å². The number of rotatable bonds is 4. The lowest BCUT2D eigenvalue weighted by Crippen LogP contribution is -2.28. The van der Waals surface area contributed by atoms with Gasteiger partial charge in [0.1, 0.15) is 24.2 Å². The van der Waals surface area contributed by atoms with Crippen LogP contribution in [0.25, 0.3) is 33.3 Å². The minimum absolute atomic E-state index is 0.0412. The van der Waals surface area contributed by atoms with E-state index in [9.17, 15) is 9.65 Å². The molecule has 1 fully saturated rings. The molecule has 1 aliphatic heterocycles. The molecule has 1 aliphatic carbocycles. The third-order valence-electron chi connectivity index (χ3n) is 7.47. The molecule has 2 aromatic heterocycles. The molecule has 0 bridgehead atoms. The quantitative estimate of drug-likeness (QED) is 0.349. The Bertz CT molecular complexity index is 1460. The highest BCUT2D eigenvalue weighted by Gasteiger charge is 2.22. The Balaban J connectivity index is 1.53. The molecule has 4 aromatic rings. The van der Waals surface area contributed by atoms with Gasteiger partial charge in [-0.3, -0.25) is 4.98 Å². The maximum atomic E-state index is 14.7. The van der Waals surface area contributed by atoms with Crippen LogP contribution in [0.1, 0.15) is 31.2 Å². The second kappa shape index (κ2) is 8.74. The third kappa shape index (κ3) is 3.81. The fraction of sp³-hybridized carbons (Fsp3) is 0.310. The molecule has 176 valence electrons. The lowest BCUT2D eigenvalue weighted by molar-refractivity contribution is 0.311. The van der Waals surface area contributed by atoms with Crippen LogP contribution in [0.5, 0.6) is 5.75 Å². The Morgan fingerprint density at radius 3 is 2.74 bits per heavy atom. The topological polar surface area (TPSA) is 54.1 Å². The Hall–Kier alpha value is -3.85. The van der Waals surface area contributed by atoms with E-state index in [-0.39, 0.29) is 5.56 Å². The molecule has 0 amide bonds. The van der Waals surface area contributed by atoms with Crippen molar-refractivity contribution in [3.63, 3.8) is 0 Å². The molecule has 3 heterocycles. The zero-order valence-corrected chi connectivity index (χ0v) is 19.8. The number of likely N-dealkylation sites (N-methyl/N-ethyl adjacent to an activating group) is 1. The van der Waals surface area contributed by atoms with E-state index in [1.54, 1.807) is 6.07 Å². The highest BCUT2D eigenvalue weighted by atomic mass is 19.1. The highest BCUT2D eigenvalue weighted by Crippen LogP contribution is 2.41. The van der Waals surface area contributed by atoms with Gasteiger partial charge in [-0.15, -0.1) is 0 Å². The van der Waals surface area contributed by atoms with Crippen molar-refractivity contribution < 1.29 is 9.13 Å². The summed E-state index contributed by atoms with van der Waals surface area (Å²) in [6.07, 6.45) is 9.21. The van der Waals surface area contributed by atoms with E-state index in [4.69, 9.17) is 9.72 Å². The van der Waals surface area contributed by atoms with Crippen LogP contribution in [-0.2, 0) is 6.54 Å². The summed E-state index contributed by atoms with van der Waals surface area (Å²) >= 11 is 0. The molecule has 0 radical (unpaired) electrons. The molecule has 6 heteroatoms. The molecular weight excluding hydrogens is 439 g/mol. The maximum absolute atomic E-state index is 14.7. The SMILES string of the molecule is CN1CCOc2cc(-c3ncc4c(ccn4CC4CCCC4)c3-c3ccc(C#N)c(F)c3)ccc21. The van der Waals surface area contributed by atoms with Gasteiger partial charge >= 0.3 is 0 Å². The monoisotopic (exact) mass is 466 g/mol. The van der Waals surface area contributed by atoms with Gasteiger partial charge in [0.15, 0.2) is 0 Å². The first kappa shape index (κ1) is 21.7. The average Bonchev–Trinajstić information content (AvgIpc) is 3.54. The van der Waals surface area contributed by atoms with Crippen molar-refractivity contribution in [3.05, 3.63) is 66.2 Å². The normalized spacial score (nSPS) is 15.7. The minimum Gasteiger partial charge on any atom is -0.490 e. The van der Waals surface area contributed by atoms with Crippen molar-refractivity contribution in [2.45, 2.75) is 32.2 Å². The van der Waals surface area contributed by atoms with E-state index >= 15 is 0 Å². The summed E-state index contributed by atoms with van der Waals surface area (Å²) in [5.74, 6) is 0.999. The van der Waals surface area contributed by atoms with Gasteiger partial charge in [-0.1, -0.05) is 25.0 Å². The molecule has 2 aromatic carbocycles. The standard InChI is InChI=1S/C29H27FN4O/c1-33-12-13-35-27-15-21(8-9-25(27)33)29-28(20-6-7-22(16-31)24(30)14-20)23-10-11-34(26(23)17-32-29)18-19-4-2-3-5-19/h6-11,14-15,17,19H,2-5,12-13,18H2,1H3.